The molecule has 31 heavy (non-hydrogen) atoms. The molecule has 1 aromatic carbocycles. The summed E-state index contributed by atoms with van der Waals surface area (Å²) in [5, 5.41) is 10.3. The van der Waals surface area contributed by atoms with Crippen molar-refractivity contribution in [3.63, 3.8) is 0 Å². The van der Waals surface area contributed by atoms with Gasteiger partial charge in [0.1, 0.15) is 22.0 Å². The largest absolute Gasteiger partial charge is 0.337 e. The van der Waals surface area contributed by atoms with Gasteiger partial charge < -0.3 is 4.90 Å². The van der Waals surface area contributed by atoms with Crippen LogP contribution in [0.5, 0.6) is 0 Å². The van der Waals surface area contributed by atoms with E-state index in [2.05, 4.69) is 4.98 Å². The molecule has 7 nitrogen and oxygen atoms in total. The average Bonchev–Trinajstić information content (AvgIpc) is 3.28. The van der Waals surface area contributed by atoms with Crippen molar-refractivity contribution in [1.29, 1.82) is 5.26 Å². The van der Waals surface area contributed by atoms with Crippen molar-refractivity contribution >= 4 is 49.0 Å². The highest BCUT2D eigenvalue weighted by Crippen LogP contribution is 2.37. The molecule has 3 heterocycles. The number of amides is 1. The smallest absolute Gasteiger partial charge is 0.253 e. The van der Waals surface area contributed by atoms with Crippen molar-refractivity contribution in [2.75, 3.05) is 13.6 Å². The number of nitriles is 1. The van der Waals surface area contributed by atoms with Gasteiger partial charge in [0, 0.05) is 36.1 Å². The molecule has 4 rings (SSSR count). The predicted molar refractivity (Wildman–Crippen MR) is 119 cm³/mol. The van der Waals surface area contributed by atoms with Crippen LogP contribution < -0.4 is 0 Å². The zero-order chi connectivity index (χ0) is 22.3. The van der Waals surface area contributed by atoms with Crippen LogP contribution in [0.2, 0.25) is 5.02 Å². The minimum Gasteiger partial charge on any atom is -0.337 e. The van der Waals surface area contributed by atoms with Crippen molar-refractivity contribution < 1.29 is 13.2 Å². The van der Waals surface area contributed by atoms with Gasteiger partial charge in [0.2, 0.25) is 5.91 Å². The first-order valence-corrected chi connectivity index (χ1v) is 12.2. The molecular weight excluding hydrogens is 456 g/mol. The van der Waals surface area contributed by atoms with Crippen LogP contribution in [0.15, 0.2) is 40.7 Å². The second-order valence-corrected chi connectivity index (χ2v) is 11.1. The predicted octanol–water partition coefficient (Wildman–Crippen LogP) is 3.55. The lowest BCUT2D eigenvalue weighted by atomic mass is 10.2. The molecule has 0 aliphatic carbocycles. The van der Waals surface area contributed by atoms with Gasteiger partial charge in [-0.1, -0.05) is 11.6 Å². The van der Waals surface area contributed by atoms with Gasteiger partial charge in [-0.3, -0.25) is 4.79 Å². The third-order valence-corrected chi connectivity index (χ3v) is 9.46. The molecule has 0 N–H and O–H groups in total. The van der Waals surface area contributed by atoms with E-state index < -0.39 is 16.1 Å². The molecule has 1 saturated heterocycles. The number of sulfonamides is 1. The molecule has 3 aromatic rings. The molecule has 0 bridgehead atoms. The first-order chi connectivity index (χ1) is 14.7. The molecule has 1 fully saturated rings. The zero-order valence-electron chi connectivity index (χ0n) is 16.9. The van der Waals surface area contributed by atoms with Crippen LogP contribution in [0.3, 0.4) is 0 Å². The molecule has 10 heteroatoms. The number of carbonyl (C=O) groups is 1. The fourth-order valence-corrected chi connectivity index (χ4v) is 7.21. The minimum atomic E-state index is -3.86. The van der Waals surface area contributed by atoms with Crippen LogP contribution in [0.1, 0.15) is 23.2 Å². The topological polar surface area (TPSA) is 94.4 Å². The number of hydrogen-bond donors (Lipinski definition) is 0. The molecule has 160 valence electrons. The van der Waals surface area contributed by atoms with Crippen LogP contribution in [-0.4, -0.2) is 48.1 Å². The number of nitrogens with zero attached hydrogens (tertiary/aromatic N) is 4. The third-order valence-electron chi connectivity index (χ3n) is 5.49. The highest BCUT2D eigenvalue weighted by molar-refractivity contribution is 7.91. The van der Waals surface area contributed by atoms with E-state index in [4.69, 9.17) is 16.9 Å². The van der Waals surface area contributed by atoms with Crippen molar-refractivity contribution in [1.82, 2.24) is 14.2 Å². The monoisotopic (exact) mass is 474 g/mol. The molecule has 0 saturated carbocycles. The van der Waals surface area contributed by atoms with Crippen LogP contribution >= 0.6 is 22.9 Å². The molecule has 0 radical (unpaired) electrons. The fraction of sp³-hybridized carbons (Fsp3) is 0.286. The van der Waals surface area contributed by atoms with Gasteiger partial charge >= 0.3 is 0 Å². The minimum absolute atomic E-state index is 0.228. The van der Waals surface area contributed by atoms with E-state index >= 15 is 0 Å². The molecule has 0 spiro atoms. The molecular formula is C21H19ClN4O3S2. The van der Waals surface area contributed by atoms with E-state index in [0.29, 0.717) is 30.1 Å². The Balaban J connectivity index is 1.58. The van der Waals surface area contributed by atoms with E-state index in [9.17, 15) is 13.2 Å². The van der Waals surface area contributed by atoms with Crippen molar-refractivity contribution in [2.24, 2.45) is 0 Å². The summed E-state index contributed by atoms with van der Waals surface area (Å²) < 4.78 is 29.0. The third kappa shape index (κ3) is 3.92. The second-order valence-electron chi connectivity index (χ2n) is 7.40. The van der Waals surface area contributed by atoms with Gasteiger partial charge in [-0.25, -0.2) is 13.4 Å². The zero-order valence-corrected chi connectivity index (χ0v) is 19.3. The molecule has 1 amide bonds. The normalized spacial score (nSPS) is 16.9. The number of aromatic nitrogens is 1. The number of fused-ring (bicyclic) bond motifs is 1. The Morgan fingerprint density at radius 1 is 1.35 bits per heavy atom. The molecule has 1 atom stereocenters. The quantitative estimate of drug-likeness (QED) is 0.563. The van der Waals surface area contributed by atoms with Gasteiger partial charge in [0.25, 0.3) is 10.0 Å². The highest BCUT2D eigenvalue weighted by Gasteiger charge is 2.40. The van der Waals surface area contributed by atoms with E-state index in [-0.39, 0.29) is 15.8 Å². The first-order valence-electron chi connectivity index (χ1n) is 9.53. The summed E-state index contributed by atoms with van der Waals surface area (Å²) in [6.45, 7) is 2.50. The summed E-state index contributed by atoms with van der Waals surface area (Å²) in [4.78, 5) is 18.6. The number of likely N-dealkylation sites (tertiary alicyclic amines) is 1. The first kappa shape index (κ1) is 21.7. The fourth-order valence-electron chi connectivity index (χ4n) is 3.79. The number of rotatable bonds is 5. The standard InChI is InChI=1S/C21H19ClN4O3S2/c1-13-17-10-15(22)3-4-19(17)30-21(13)31(28,29)25(2)18-6-8-26(20(18)27)12-14-5-7-24-16(9-14)11-23/h3-5,7,9-10,18H,6,8,12H2,1-2H3/t18-/m0/s1. The van der Waals surface area contributed by atoms with Crippen LogP contribution in [0, 0.1) is 18.3 Å². The maximum atomic E-state index is 13.4. The van der Waals surface area contributed by atoms with Gasteiger partial charge in [0.05, 0.1) is 0 Å². The Labute approximate surface area is 189 Å². The van der Waals surface area contributed by atoms with Crippen molar-refractivity contribution in [3.8, 4) is 6.07 Å². The molecule has 2 aromatic heterocycles. The maximum Gasteiger partial charge on any atom is 0.253 e. The van der Waals surface area contributed by atoms with Crippen molar-refractivity contribution in [2.45, 2.75) is 30.1 Å². The number of likely N-dealkylation sites (N-methyl/N-ethyl adjacent to an activating group) is 1. The Hall–Kier alpha value is -2.51. The van der Waals surface area contributed by atoms with E-state index in [1.165, 1.54) is 28.9 Å². The Bertz CT molecular complexity index is 1330. The lowest BCUT2D eigenvalue weighted by Crippen LogP contribution is -2.42. The van der Waals surface area contributed by atoms with E-state index in [1.807, 2.05) is 6.07 Å². The van der Waals surface area contributed by atoms with Gasteiger partial charge in [-0.15, -0.1) is 11.3 Å². The van der Waals surface area contributed by atoms with Crippen LogP contribution in [0.25, 0.3) is 10.1 Å². The Kier molecular flexibility index (Phi) is 5.75. The lowest BCUT2D eigenvalue weighted by Gasteiger charge is -2.23. The van der Waals surface area contributed by atoms with Gasteiger partial charge in [-0.2, -0.15) is 9.57 Å². The van der Waals surface area contributed by atoms with Gasteiger partial charge in [-0.05, 0) is 60.2 Å². The number of halogens is 1. The van der Waals surface area contributed by atoms with E-state index in [0.717, 1.165) is 15.6 Å². The number of pyridine rings is 1. The maximum absolute atomic E-state index is 13.4. The SMILES string of the molecule is Cc1c(S(=O)(=O)N(C)[C@H]2CCN(Cc3ccnc(C#N)c3)C2=O)sc2ccc(Cl)cc12. The van der Waals surface area contributed by atoms with Crippen LogP contribution in [-0.2, 0) is 21.4 Å². The Morgan fingerprint density at radius 3 is 2.87 bits per heavy atom. The summed E-state index contributed by atoms with van der Waals surface area (Å²) in [6, 6.07) is 9.88. The summed E-state index contributed by atoms with van der Waals surface area (Å²) in [7, 11) is -2.40. The number of aryl methyl sites for hydroxylation is 1. The summed E-state index contributed by atoms with van der Waals surface area (Å²) in [5.74, 6) is -0.247. The number of hydrogen-bond acceptors (Lipinski definition) is 6. The van der Waals surface area contributed by atoms with Crippen LogP contribution in [0.4, 0.5) is 0 Å². The summed E-state index contributed by atoms with van der Waals surface area (Å²) in [6.07, 6.45) is 1.93. The number of benzene rings is 1. The summed E-state index contributed by atoms with van der Waals surface area (Å²) >= 11 is 7.26. The van der Waals surface area contributed by atoms with Crippen molar-refractivity contribution in [3.05, 3.63) is 58.4 Å². The van der Waals surface area contributed by atoms with E-state index in [1.54, 1.807) is 42.2 Å². The number of thiophene rings is 1. The molecule has 0 unspecified atom stereocenters. The molecule has 1 aliphatic rings. The second kappa shape index (κ2) is 8.20. The van der Waals surface area contributed by atoms with Gasteiger partial charge in [0.15, 0.2) is 0 Å². The lowest BCUT2D eigenvalue weighted by molar-refractivity contribution is -0.131. The number of carbonyl (C=O) groups excluding carboxylic acids is 1. The molecule has 1 aliphatic heterocycles. The summed E-state index contributed by atoms with van der Waals surface area (Å²) in [5.41, 5.74) is 1.70. The highest BCUT2D eigenvalue weighted by atomic mass is 35.5. The Morgan fingerprint density at radius 2 is 2.13 bits per heavy atom. The average molecular weight is 475 g/mol.